The van der Waals surface area contributed by atoms with Gasteiger partial charge in [-0.1, -0.05) is 80.6 Å². The molecule has 5 aliphatic rings. The molecule has 19 heteroatoms. The van der Waals surface area contributed by atoms with Gasteiger partial charge in [-0.15, -0.1) is 0 Å². The molecule has 2 saturated carbocycles. The predicted molar refractivity (Wildman–Crippen MR) is 244 cm³/mol. The molecule has 15 atom stereocenters. The fourth-order valence-corrected chi connectivity index (χ4v) is 11.4. The smallest absolute Gasteiger partial charge is 0.338 e. The molecule has 0 aromatic heterocycles. The van der Waals surface area contributed by atoms with Gasteiger partial charge in [0.25, 0.3) is 5.91 Å². The van der Waals surface area contributed by atoms with Crippen molar-refractivity contribution in [1.82, 2.24) is 5.32 Å². The number of ketones is 1. The van der Waals surface area contributed by atoms with Gasteiger partial charge in [0.1, 0.15) is 42.2 Å². The molecule has 0 radical (unpaired) electrons. The van der Waals surface area contributed by atoms with Crippen LogP contribution in [0.1, 0.15) is 86.7 Å². The number of fused-ring (bicyclic) bond motifs is 5. The van der Waals surface area contributed by atoms with Gasteiger partial charge >= 0.3 is 23.9 Å². The van der Waals surface area contributed by atoms with E-state index in [0.717, 1.165) is 13.8 Å². The number of carbonyl (C=O) groups excluding carboxylic acids is 6. The van der Waals surface area contributed by atoms with Crippen molar-refractivity contribution in [3.63, 3.8) is 0 Å². The highest BCUT2D eigenvalue weighted by Gasteiger charge is 2.79. The van der Waals surface area contributed by atoms with Gasteiger partial charge in [0, 0.05) is 37.7 Å². The molecule has 4 fully saturated rings. The van der Waals surface area contributed by atoms with Gasteiger partial charge in [0.15, 0.2) is 29.9 Å². The van der Waals surface area contributed by atoms with Crippen molar-refractivity contribution in [2.45, 2.75) is 133 Å². The van der Waals surface area contributed by atoms with Crippen LogP contribution in [0.15, 0.2) is 102 Å². The molecule has 1 amide bonds. The summed E-state index contributed by atoms with van der Waals surface area (Å²) in [5, 5.41) is 60.8. The number of aliphatic hydroxyl groups is 5. The molecule has 0 unspecified atom stereocenters. The quantitative estimate of drug-likeness (QED) is 0.0862. The van der Waals surface area contributed by atoms with Crippen LogP contribution in [0.25, 0.3) is 0 Å². The largest absolute Gasteiger partial charge is 0.456 e. The van der Waals surface area contributed by atoms with Crippen LogP contribution in [0.3, 0.4) is 0 Å². The van der Waals surface area contributed by atoms with Crippen LogP contribution in [-0.4, -0.2) is 147 Å². The molecule has 71 heavy (non-hydrogen) atoms. The summed E-state index contributed by atoms with van der Waals surface area (Å²) in [6.07, 6.45) is -17.9. The minimum atomic E-state index is -2.51. The van der Waals surface area contributed by atoms with E-state index in [-0.39, 0.29) is 28.7 Å². The molecule has 2 bridgehead atoms. The normalized spacial score (nSPS) is 34.8. The number of hydrogen-bond acceptors (Lipinski definition) is 18. The van der Waals surface area contributed by atoms with E-state index in [4.69, 9.17) is 33.2 Å². The number of rotatable bonds is 12. The lowest BCUT2D eigenvalue weighted by Crippen LogP contribution is -2.82. The Bertz CT molecular complexity index is 2560. The van der Waals surface area contributed by atoms with Crippen LogP contribution >= 0.6 is 0 Å². The van der Waals surface area contributed by atoms with Crippen molar-refractivity contribution < 1.29 is 87.5 Å². The third kappa shape index (κ3) is 8.96. The minimum Gasteiger partial charge on any atom is -0.456 e. The molecule has 2 aliphatic heterocycles. The van der Waals surface area contributed by atoms with Gasteiger partial charge in [-0.3, -0.25) is 19.2 Å². The zero-order valence-electron chi connectivity index (χ0n) is 40.0. The summed E-state index contributed by atoms with van der Waals surface area (Å²) in [6.45, 7) is 7.24. The summed E-state index contributed by atoms with van der Waals surface area (Å²) in [4.78, 5) is 85.6. The van der Waals surface area contributed by atoms with Crippen LogP contribution in [0.5, 0.6) is 0 Å². The predicted octanol–water partition coefficient (Wildman–Crippen LogP) is 2.20. The Labute approximate surface area is 409 Å². The number of carbonyl (C=O) groups is 6. The van der Waals surface area contributed by atoms with Crippen molar-refractivity contribution >= 4 is 35.6 Å². The van der Waals surface area contributed by atoms with Gasteiger partial charge < -0.3 is 64.0 Å². The summed E-state index contributed by atoms with van der Waals surface area (Å²) in [6, 6.07) is 22.6. The number of Topliss-reactive ketones (excluding diaryl/α,β-unsaturated/α-hetero) is 1. The Morgan fingerprint density at radius 2 is 1.39 bits per heavy atom. The van der Waals surface area contributed by atoms with Gasteiger partial charge in [0.2, 0.25) is 0 Å². The number of benzene rings is 3. The average Bonchev–Trinajstić information content (AvgIpc) is 3.34. The molecule has 0 spiro atoms. The molecule has 19 nitrogen and oxygen atoms in total. The number of esters is 4. The summed E-state index contributed by atoms with van der Waals surface area (Å²) in [5.74, 6) is -7.31. The number of ether oxygens (including phenoxy) is 7. The molecule has 380 valence electrons. The molecule has 8 rings (SSSR count). The molecule has 3 aromatic carbocycles. The third-order valence-electron chi connectivity index (χ3n) is 15.2. The second-order valence-electron chi connectivity index (χ2n) is 19.7. The second kappa shape index (κ2) is 19.6. The highest BCUT2D eigenvalue weighted by molar-refractivity contribution is 5.96. The lowest BCUT2D eigenvalue weighted by molar-refractivity contribution is -0.366. The number of aliphatic hydroxyl groups excluding tert-OH is 4. The van der Waals surface area contributed by atoms with Crippen LogP contribution in [-0.2, 0) is 52.3 Å². The SMILES string of the molecule is CC(=O)O[C@H]1C(=O)[C@]2(C)[C@@H](O[C@H]3OC[C@H](O)[C@H](O)[C@H]3O)C[C@@H]3OC[C@@]3(OC(C)=O)[C@H]2[C@@H](OC(=O)c2ccccc2)[C@]2(O)C[C@H](OC(=O)[C@H](O)[C@@H](NC(=O)c3ccccc3)c3ccccc3)C(C)=C1C2(C)C. The maximum atomic E-state index is 16.2. The molecule has 3 aliphatic carbocycles. The van der Waals surface area contributed by atoms with Crippen molar-refractivity contribution in [1.29, 1.82) is 0 Å². The van der Waals surface area contributed by atoms with Crippen LogP contribution in [0, 0.1) is 16.7 Å². The molecular weight excluding hydrogens is 927 g/mol. The molecule has 2 saturated heterocycles. The second-order valence-corrected chi connectivity index (χ2v) is 19.7. The van der Waals surface area contributed by atoms with Crippen LogP contribution in [0.4, 0.5) is 0 Å². The molecule has 3 aromatic rings. The van der Waals surface area contributed by atoms with Gasteiger partial charge in [0.05, 0.1) is 42.3 Å². The Hall–Kier alpha value is -5.90. The minimum absolute atomic E-state index is 0.0120. The Kier molecular flexibility index (Phi) is 14.2. The molecular formula is C52H59NO18. The number of hydrogen-bond donors (Lipinski definition) is 6. The fraction of sp³-hybridized carbons (Fsp3) is 0.500. The molecule has 2 heterocycles. The van der Waals surface area contributed by atoms with E-state index < -0.39 is 150 Å². The first-order valence-electron chi connectivity index (χ1n) is 23.4. The number of nitrogens with one attached hydrogen (secondary N) is 1. The first kappa shape index (κ1) is 51.5. The fourth-order valence-electron chi connectivity index (χ4n) is 11.4. The van der Waals surface area contributed by atoms with Gasteiger partial charge in [-0.2, -0.15) is 0 Å². The standard InChI is InChI=1S/C52H59NO18/c1-26-33(68-47(63)39(58)37(29-16-10-7-11-17-29)53-45(61)30-18-12-8-13-19-30)23-52(64)44(70-46(62)31-20-14-9-15-21-31)42-50(6,43(60)41(67-27(2)54)36(26)49(52,4)5)34(22-35-51(42,25-66-35)71-28(3)55)69-48-40(59)38(57)32(56)24-65-48/h7-21,32-35,37-42,44,48,56-59,64H,22-25H2,1-6H3,(H,53,61)/t32-,33-,34-,35-,37-,38-,39+,40+,41+,42-,44+,48+,50+,51-,52+/m0/s1. The van der Waals surface area contributed by atoms with Gasteiger partial charge in [-0.25, -0.2) is 9.59 Å². The zero-order valence-corrected chi connectivity index (χ0v) is 40.0. The van der Waals surface area contributed by atoms with Crippen LogP contribution in [0.2, 0.25) is 0 Å². The summed E-state index contributed by atoms with van der Waals surface area (Å²) >= 11 is 0. The van der Waals surface area contributed by atoms with Crippen molar-refractivity contribution in [2.75, 3.05) is 13.2 Å². The van der Waals surface area contributed by atoms with Crippen molar-refractivity contribution in [2.24, 2.45) is 16.7 Å². The summed E-state index contributed by atoms with van der Waals surface area (Å²) < 4.78 is 43.1. The maximum absolute atomic E-state index is 16.2. The Morgan fingerprint density at radius 1 is 0.789 bits per heavy atom. The third-order valence-corrected chi connectivity index (χ3v) is 15.2. The van der Waals surface area contributed by atoms with Crippen molar-refractivity contribution in [3.8, 4) is 0 Å². The summed E-state index contributed by atoms with van der Waals surface area (Å²) in [7, 11) is 0. The van der Waals surface area contributed by atoms with E-state index in [1.807, 2.05) is 0 Å². The lowest BCUT2D eigenvalue weighted by Gasteiger charge is -2.68. The van der Waals surface area contributed by atoms with Gasteiger partial charge in [-0.05, 0) is 54.8 Å². The van der Waals surface area contributed by atoms with Crippen LogP contribution < -0.4 is 5.32 Å². The highest BCUT2D eigenvalue weighted by atomic mass is 16.7. The monoisotopic (exact) mass is 985 g/mol. The van der Waals surface area contributed by atoms with Crippen molar-refractivity contribution in [3.05, 3.63) is 119 Å². The van der Waals surface area contributed by atoms with E-state index in [1.54, 1.807) is 78.9 Å². The lowest BCUT2D eigenvalue weighted by atomic mass is 9.44. The van der Waals surface area contributed by atoms with E-state index >= 15 is 4.79 Å². The van der Waals surface area contributed by atoms with E-state index in [0.29, 0.717) is 5.56 Å². The highest BCUT2D eigenvalue weighted by Crippen LogP contribution is 2.65. The Balaban J connectivity index is 1.30. The first-order chi connectivity index (χ1) is 33.6. The Morgan fingerprint density at radius 3 is 1.97 bits per heavy atom. The first-order valence-corrected chi connectivity index (χ1v) is 23.4. The summed E-state index contributed by atoms with van der Waals surface area (Å²) in [5.41, 5.74) is -7.76. The average molecular weight is 986 g/mol. The maximum Gasteiger partial charge on any atom is 0.338 e. The van der Waals surface area contributed by atoms with E-state index in [9.17, 15) is 49.5 Å². The van der Waals surface area contributed by atoms with E-state index in [1.165, 1.54) is 39.8 Å². The molecule has 6 N–H and O–H groups in total. The number of amides is 1. The topological polar surface area (TPSA) is 280 Å². The van der Waals surface area contributed by atoms with E-state index in [2.05, 4.69) is 5.32 Å². The zero-order chi connectivity index (χ0) is 51.4.